The summed E-state index contributed by atoms with van der Waals surface area (Å²) >= 11 is 7.47. The molecule has 0 aromatic heterocycles. The number of nitrogens with two attached hydrogens (primary N) is 1. The van der Waals surface area contributed by atoms with Crippen molar-refractivity contribution < 1.29 is 4.39 Å². The van der Waals surface area contributed by atoms with Crippen LogP contribution in [0.3, 0.4) is 0 Å². The maximum Gasteiger partial charge on any atom is 0.142 e. The highest BCUT2D eigenvalue weighted by atomic mass is 35.5. The molecule has 94 valence electrons. The summed E-state index contributed by atoms with van der Waals surface area (Å²) in [6.07, 6.45) is 0. The summed E-state index contributed by atoms with van der Waals surface area (Å²) in [7, 11) is 0. The van der Waals surface area contributed by atoms with E-state index in [1.54, 1.807) is 17.8 Å². The van der Waals surface area contributed by atoms with E-state index in [1.165, 1.54) is 6.07 Å². The Morgan fingerprint density at radius 3 is 2.83 bits per heavy atom. The topological polar surface area (TPSA) is 26.0 Å². The molecule has 4 heteroatoms. The minimum absolute atomic E-state index is 0.191. The predicted molar refractivity (Wildman–Crippen MR) is 76.6 cm³/mol. The summed E-state index contributed by atoms with van der Waals surface area (Å²) in [6.45, 7) is 2.01. The zero-order chi connectivity index (χ0) is 13.1. The lowest BCUT2D eigenvalue weighted by molar-refractivity contribution is 0.627. The SMILES string of the molecule is Cc1ccc(N)c(SCc2cccc(F)c2Cl)c1. The molecule has 0 saturated heterocycles. The number of aryl methyl sites for hydroxylation is 1. The fourth-order valence-electron chi connectivity index (χ4n) is 1.58. The van der Waals surface area contributed by atoms with Gasteiger partial charge in [0.15, 0.2) is 0 Å². The fourth-order valence-corrected chi connectivity index (χ4v) is 2.91. The molecule has 0 spiro atoms. The molecule has 0 amide bonds. The van der Waals surface area contributed by atoms with Crippen molar-refractivity contribution in [1.82, 2.24) is 0 Å². The number of nitrogen functional groups attached to an aromatic ring is 1. The first-order valence-corrected chi connectivity index (χ1v) is 6.86. The first kappa shape index (κ1) is 13.2. The largest absolute Gasteiger partial charge is 0.398 e. The third-order valence-electron chi connectivity index (χ3n) is 2.58. The van der Waals surface area contributed by atoms with Gasteiger partial charge in [-0.2, -0.15) is 0 Å². The molecular weight excluding hydrogens is 269 g/mol. The molecule has 0 saturated carbocycles. The fraction of sp³-hybridized carbons (Fsp3) is 0.143. The summed E-state index contributed by atoms with van der Waals surface area (Å²) in [5, 5.41) is 0.191. The van der Waals surface area contributed by atoms with Crippen LogP contribution in [0, 0.1) is 12.7 Å². The van der Waals surface area contributed by atoms with Crippen molar-refractivity contribution in [2.75, 3.05) is 5.73 Å². The molecule has 0 aliphatic carbocycles. The van der Waals surface area contributed by atoms with E-state index in [4.69, 9.17) is 17.3 Å². The Bertz CT molecular complexity index is 570. The van der Waals surface area contributed by atoms with Gasteiger partial charge in [0.25, 0.3) is 0 Å². The standard InChI is InChI=1S/C14H13ClFNS/c1-9-5-6-12(17)13(7-9)18-8-10-3-2-4-11(16)14(10)15/h2-7H,8,17H2,1H3. The quantitative estimate of drug-likeness (QED) is 0.654. The van der Waals surface area contributed by atoms with Crippen molar-refractivity contribution in [3.8, 4) is 0 Å². The van der Waals surface area contributed by atoms with Gasteiger partial charge in [0.05, 0.1) is 5.02 Å². The first-order valence-electron chi connectivity index (χ1n) is 5.50. The molecule has 0 heterocycles. The van der Waals surface area contributed by atoms with Gasteiger partial charge >= 0.3 is 0 Å². The lowest BCUT2D eigenvalue weighted by atomic mass is 10.2. The van der Waals surface area contributed by atoms with Gasteiger partial charge in [-0.25, -0.2) is 4.39 Å². The molecule has 2 aromatic carbocycles. The Morgan fingerprint density at radius 2 is 2.06 bits per heavy atom. The molecule has 0 radical (unpaired) electrons. The molecule has 0 fully saturated rings. The summed E-state index contributed by atoms with van der Waals surface area (Å²) < 4.78 is 13.3. The summed E-state index contributed by atoms with van der Waals surface area (Å²) in [4.78, 5) is 0.996. The van der Waals surface area contributed by atoms with Gasteiger partial charge in [0.1, 0.15) is 5.82 Å². The van der Waals surface area contributed by atoms with Crippen LogP contribution in [0.2, 0.25) is 5.02 Å². The van der Waals surface area contributed by atoms with Gasteiger partial charge in [-0.15, -0.1) is 11.8 Å². The van der Waals surface area contributed by atoms with Crippen LogP contribution in [0.4, 0.5) is 10.1 Å². The van der Waals surface area contributed by atoms with Gasteiger partial charge in [-0.1, -0.05) is 29.8 Å². The number of hydrogen-bond acceptors (Lipinski definition) is 2. The van der Waals surface area contributed by atoms with Crippen molar-refractivity contribution in [3.63, 3.8) is 0 Å². The summed E-state index contributed by atoms with van der Waals surface area (Å²) in [5.74, 6) is 0.219. The molecule has 0 unspecified atom stereocenters. The lowest BCUT2D eigenvalue weighted by Crippen LogP contribution is -1.91. The number of halogens is 2. The smallest absolute Gasteiger partial charge is 0.142 e. The van der Waals surface area contributed by atoms with E-state index in [2.05, 4.69) is 0 Å². The van der Waals surface area contributed by atoms with E-state index >= 15 is 0 Å². The molecule has 1 nitrogen and oxygen atoms in total. The van der Waals surface area contributed by atoms with Crippen LogP contribution in [0.15, 0.2) is 41.3 Å². The monoisotopic (exact) mass is 281 g/mol. The number of rotatable bonds is 3. The Hall–Kier alpha value is -1.19. The minimum atomic E-state index is -0.382. The molecule has 2 aromatic rings. The van der Waals surface area contributed by atoms with Gasteiger partial charge < -0.3 is 5.73 Å². The van der Waals surface area contributed by atoms with Crippen LogP contribution in [0.25, 0.3) is 0 Å². The van der Waals surface area contributed by atoms with E-state index in [-0.39, 0.29) is 10.8 Å². The van der Waals surface area contributed by atoms with Crippen molar-refractivity contribution in [3.05, 3.63) is 58.4 Å². The van der Waals surface area contributed by atoms with Crippen LogP contribution in [0.1, 0.15) is 11.1 Å². The molecule has 0 atom stereocenters. The van der Waals surface area contributed by atoms with Crippen LogP contribution in [-0.2, 0) is 5.75 Å². The maximum atomic E-state index is 13.3. The Labute approximate surface area is 115 Å². The van der Waals surface area contributed by atoms with E-state index in [0.717, 1.165) is 21.7 Å². The zero-order valence-electron chi connectivity index (χ0n) is 9.91. The van der Waals surface area contributed by atoms with Crippen LogP contribution >= 0.6 is 23.4 Å². The Kier molecular flexibility index (Phi) is 4.15. The van der Waals surface area contributed by atoms with Gasteiger partial charge in [0.2, 0.25) is 0 Å². The highest BCUT2D eigenvalue weighted by Crippen LogP contribution is 2.31. The van der Waals surface area contributed by atoms with Crippen molar-refractivity contribution >= 4 is 29.1 Å². The molecule has 0 bridgehead atoms. The Balaban J connectivity index is 2.16. The average molecular weight is 282 g/mol. The molecule has 2 rings (SSSR count). The Morgan fingerprint density at radius 1 is 1.28 bits per heavy atom. The van der Waals surface area contributed by atoms with Crippen LogP contribution in [-0.4, -0.2) is 0 Å². The van der Waals surface area contributed by atoms with Crippen LogP contribution < -0.4 is 5.73 Å². The number of hydrogen-bond donors (Lipinski definition) is 1. The van der Waals surface area contributed by atoms with Crippen LogP contribution in [0.5, 0.6) is 0 Å². The van der Waals surface area contributed by atoms with E-state index in [0.29, 0.717) is 5.75 Å². The third kappa shape index (κ3) is 2.98. The highest BCUT2D eigenvalue weighted by molar-refractivity contribution is 7.98. The second kappa shape index (κ2) is 5.63. The molecule has 0 aliphatic heterocycles. The number of thioether (sulfide) groups is 1. The van der Waals surface area contributed by atoms with E-state index in [1.807, 2.05) is 31.2 Å². The second-order valence-corrected chi connectivity index (χ2v) is 5.44. The van der Waals surface area contributed by atoms with Crippen molar-refractivity contribution in [2.45, 2.75) is 17.6 Å². The molecular formula is C14H13ClFNS. The number of benzene rings is 2. The third-order valence-corrected chi connectivity index (χ3v) is 4.13. The minimum Gasteiger partial charge on any atom is -0.398 e. The first-order chi connectivity index (χ1) is 8.58. The number of anilines is 1. The normalized spacial score (nSPS) is 10.6. The molecule has 0 aliphatic rings. The average Bonchev–Trinajstić information content (AvgIpc) is 2.35. The maximum absolute atomic E-state index is 13.3. The van der Waals surface area contributed by atoms with E-state index in [9.17, 15) is 4.39 Å². The summed E-state index contributed by atoms with van der Waals surface area (Å²) in [5.41, 5.74) is 8.56. The van der Waals surface area contributed by atoms with Gasteiger partial charge in [0, 0.05) is 16.3 Å². The zero-order valence-corrected chi connectivity index (χ0v) is 11.5. The second-order valence-electron chi connectivity index (χ2n) is 4.04. The predicted octanol–water partition coefficient (Wildman–Crippen LogP) is 4.66. The van der Waals surface area contributed by atoms with E-state index < -0.39 is 0 Å². The van der Waals surface area contributed by atoms with Crippen molar-refractivity contribution in [2.24, 2.45) is 0 Å². The highest BCUT2D eigenvalue weighted by Gasteiger charge is 2.07. The van der Waals surface area contributed by atoms with Gasteiger partial charge in [-0.3, -0.25) is 0 Å². The molecule has 18 heavy (non-hydrogen) atoms. The van der Waals surface area contributed by atoms with Crippen molar-refractivity contribution in [1.29, 1.82) is 0 Å². The molecule has 2 N–H and O–H groups in total. The lowest BCUT2D eigenvalue weighted by Gasteiger charge is -2.08. The van der Waals surface area contributed by atoms with Gasteiger partial charge in [-0.05, 0) is 36.2 Å². The summed E-state index contributed by atoms with van der Waals surface area (Å²) in [6, 6.07) is 10.7.